The lowest BCUT2D eigenvalue weighted by Gasteiger charge is -2.18. The first-order valence-corrected chi connectivity index (χ1v) is 7.00. The molecule has 4 nitrogen and oxygen atoms in total. The van der Waals surface area contributed by atoms with E-state index in [1.807, 2.05) is 44.2 Å². The molecule has 0 aliphatic carbocycles. The molecular weight excluding hydrogens is 252 g/mol. The highest BCUT2D eigenvalue weighted by molar-refractivity contribution is 6.41. The topological polar surface area (TPSA) is 72.2 Å². The maximum absolute atomic E-state index is 12.1. The Labute approximate surface area is 120 Å². The van der Waals surface area contributed by atoms with Crippen LogP contribution in [0, 0.1) is 5.92 Å². The molecule has 3 N–H and O–H groups in total. The summed E-state index contributed by atoms with van der Waals surface area (Å²) in [6, 6.07) is 8.29. The Hall–Kier alpha value is -1.52. The second-order valence-corrected chi connectivity index (χ2v) is 5.50. The van der Waals surface area contributed by atoms with Crippen LogP contribution in [0.25, 0.3) is 0 Å². The third kappa shape index (κ3) is 4.87. The van der Waals surface area contributed by atoms with Gasteiger partial charge in [0.1, 0.15) is 0 Å². The molecular formula is C16H24N2O2. The molecule has 1 aromatic carbocycles. The van der Waals surface area contributed by atoms with Gasteiger partial charge in [-0.05, 0) is 31.4 Å². The summed E-state index contributed by atoms with van der Waals surface area (Å²) in [5.41, 5.74) is 6.84. The Balaban J connectivity index is 2.65. The van der Waals surface area contributed by atoms with Gasteiger partial charge in [-0.15, -0.1) is 0 Å². The van der Waals surface area contributed by atoms with Gasteiger partial charge in [-0.1, -0.05) is 44.2 Å². The average Bonchev–Trinajstić information content (AvgIpc) is 2.44. The average molecular weight is 276 g/mol. The fourth-order valence-electron chi connectivity index (χ4n) is 2.14. The third-order valence-corrected chi connectivity index (χ3v) is 3.25. The Morgan fingerprint density at radius 3 is 2.25 bits per heavy atom. The molecule has 1 rings (SSSR count). The minimum Gasteiger partial charge on any atom is -0.321 e. The van der Waals surface area contributed by atoms with Gasteiger partial charge in [0.15, 0.2) is 0 Å². The van der Waals surface area contributed by atoms with E-state index in [0.29, 0.717) is 18.8 Å². The number of carbonyl (C=O) groups is 2. The molecule has 0 aliphatic rings. The molecule has 0 aliphatic heterocycles. The maximum Gasteiger partial charge on any atom is 0.217 e. The summed E-state index contributed by atoms with van der Waals surface area (Å²) in [5, 5.41) is 2.91. The molecule has 0 bridgehead atoms. The first kappa shape index (κ1) is 16.5. The number of carbonyl (C=O) groups excluding carboxylic acids is 2. The highest BCUT2D eigenvalue weighted by Crippen LogP contribution is 2.08. The number of hydrogen-bond acceptors (Lipinski definition) is 4. The number of nitrogens with two attached hydrogens (primary N) is 1. The maximum atomic E-state index is 12.1. The lowest BCUT2D eigenvalue weighted by Crippen LogP contribution is -2.47. The van der Waals surface area contributed by atoms with E-state index < -0.39 is 23.7 Å². The van der Waals surface area contributed by atoms with Crippen LogP contribution in [-0.4, -0.2) is 30.7 Å². The van der Waals surface area contributed by atoms with Gasteiger partial charge in [0.25, 0.3) is 0 Å². The van der Waals surface area contributed by atoms with Crippen LogP contribution in [0.3, 0.4) is 0 Å². The van der Waals surface area contributed by atoms with Gasteiger partial charge in [0.05, 0.1) is 12.1 Å². The van der Waals surface area contributed by atoms with E-state index in [0.717, 1.165) is 5.56 Å². The van der Waals surface area contributed by atoms with Gasteiger partial charge in [-0.2, -0.15) is 0 Å². The number of benzene rings is 1. The molecule has 0 unspecified atom stereocenters. The van der Waals surface area contributed by atoms with E-state index in [1.54, 1.807) is 7.05 Å². The van der Waals surface area contributed by atoms with Gasteiger partial charge in [0.2, 0.25) is 11.6 Å². The van der Waals surface area contributed by atoms with Crippen LogP contribution in [0.15, 0.2) is 30.3 Å². The van der Waals surface area contributed by atoms with Crippen LogP contribution in [-0.2, 0) is 16.0 Å². The molecule has 0 amide bonds. The lowest BCUT2D eigenvalue weighted by atomic mass is 9.93. The normalized spacial score (nSPS) is 14.1. The summed E-state index contributed by atoms with van der Waals surface area (Å²) in [4.78, 5) is 24.3. The number of Topliss-reactive ketones (excluding diaryl/α,β-unsaturated/α-hetero) is 2. The molecule has 0 radical (unpaired) electrons. The van der Waals surface area contributed by atoms with Gasteiger partial charge >= 0.3 is 0 Å². The molecule has 1 aromatic rings. The zero-order valence-corrected chi connectivity index (χ0v) is 12.4. The van der Waals surface area contributed by atoms with E-state index >= 15 is 0 Å². The Kier molecular flexibility index (Phi) is 6.55. The van der Waals surface area contributed by atoms with Crippen molar-refractivity contribution in [2.75, 3.05) is 7.05 Å². The molecule has 0 spiro atoms. The van der Waals surface area contributed by atoms with E-state index in [2.05, 4.69) is 5.32 Å². The minimum absolute atomic E-state index is 0.342. The van der Waals surface area contributed by atoms with Crippen molar-refractivity contribution in [3.05, 3.63) is 35.9 Å². The summed E-state index contributed by atoms with van der Waals surface area (Å²) in [6.07, 6.45) is 1.03. The summed E-state index contributed by atoms with van der Waals surface area (Å²) < 4.78 is 0. The van der Waals surface area contributed by atoms with Crippen molar-refractivity contribution < 1.29 is 9.59 Å². The van der Waals surface area contributed by atoms with Crippen molar-refractivity contribution in [2.24, 2.45) is 11.7 Å². The molecule has 0 saturated heterocycles. The zero-order chi connectivity index (χ0) is 15.1. The monoisotopic (exact) mass is 276 g/mol. The van der Waals surface area contributed by atoms with Crippen LogP contribution < -0.4 is 11.1 Å². The van der Waals surface area contributed by atoms with Crippen LogP contribution in [0.2, 0.25) is 0 Å². The molecule has 4 heteroatoms. The standard InChI is InChI=1S/C16H24N2O2/c1-11(2)9-14(18-3)16(20)15(19)13(17)10-12-7-5-4-6-8-12/h4-8,11,13-14,18H,9-10,17H2,1-3H3/t13-,14-/m0/s1. The van der Waals surface area contributed by atoms with Crippen molar-refractivity contribution >= 4 is 11.6 Å². The molecule has 110 valence electrons. The second-order valence-electron chi connectivity index (χ2n) is 5.50. The number of ketones is 2. The van der Waals surface area contributed by atoms with Gasteiger partial charge in [-0.3, -0.25) is 9.59 Å². The van der Waals surface area contributed by atoms with Gasteiger partial charge in [-0.25, -0.2) is 0 Å². The largest absolute Gasteiger partial charge is 0.321 e. The summed E-state index contributed by atoms with van der Waals surface area (Å²) in [6.45, 7) is 4.04. The summed E-state index contributed by atoms with van der Waals surface area (Å²) in [5.74, 6) is -0.562. The van der Waals surface area contributed by atoms with Crippen molar-refractivity contribution in [1.82, 2.24) is 5.32 Å². The lowest BCUT2D eigenvalue weighted by molar-refractivity contribution is -0.138. The number of hydrogen-bond donors (Lipinski definition) is 2. The summed E-state index contributed by atoms with van der Waals surface area (Å²) >= 11 is 0. The Morgan fingerprint density at radius 2 is 1.75 bits per heavy atom. The minimum atomic E-state index is -0.770. The molecule has 0 fully saturated rings. The SMILES string of the molecule is CN[C@@H](CC(C)C)C(=O)C(=O)[C@@H](N)Cc1ccccc1. The van der Waals surface area contributed by atoms with E-state index in [-0.39, 0.29) is 0 Å². The fraction of sp³-hybridized carbons (Fsp3) is 0.500. The number of nitrogens with one attached hydrogen (secondary N) is 1. The predicted octanol–water partition coefficient (Wildman–Crippen LogP) is 1.33. The Bertz CT molecular complexity index is 443. The van der Waals surface area contributed by atoms with Crippen molar-refractivity contribution in [2.45, 2.75) is 38.8 Å². The third-order valence-electron chi connectivity index (χ3n) is 3.25. The van der Waals surface area contributed by atoms with Crippen molar-refractivity contribution in [3.8, 4) is 0 Å². The van der Waals surface area contributed by atoms with Gasteiger partial charge < -0.3 is 11.1 Å². The van der Waals surface area contributed by atoms with E-state index in [9.17, 15) is 9.59 Å². The van der Waals surface area contributed by atoms with Crippen LogP contribution >= 0.6 is 0 Å². The number of likely N-dealkylation sites (N-methyl/N-ethyl adjacent to an activating group) is 1. The predicted molar refractivity (Wildman–Crippen MR) is 80.4 cm³/mol. The molecule has 0 heterocycles. The smallest absolute Gasteiger partial charge is 0.217 e. The summed E-state index contributed by atoms with van der Waals surface area (Å²) in [7, 11) is 1.70. The Morgan fingerprint density at radius 1 is 1.15 bits per heavy atom. The van der Waals surface area contributed by atoms with Crippen molar-refractivity contribution in [1.29, 1.82) is 0 Å². The zero-order valence-electron chi connectivity index (χ0n) is 12.4. The first-order chi connectivity index (χ1) is 9.45. The van der Waals surface area contributed by atoms with E-state index in [4.69, 9.17) is 5.73 Å². The molecule has 0 aromatic heterocycles. The highest BCUT2D eigenvalue weighted by atomic mass is 16.2. The first-order valence-electron chi connectivity index (χ1n) is 7.00. The van der Waals surface area contributed by atoms with E-state index in [1.165, 1.54) is 0 Å². The molecule has 20 heavy (non-hydrogen) atoms. The van der Waals surface area contributed by atoms with Crippen molar-refractivity contribution in [3.63, 3.8) is 0 Å². The van der Waals surface area contributed by atoms with Crippen LogP contribution in [0.1, 0.15) is 25.8 Å². The molecule has 0 saturated carbocycles. The van der Waals surface area contributed by atoms with Gasteiger partial charge in [0, 0.05) is 0 Å². The van der Waals surface area contributed by atoms with Crippen LogP contribution in [0.4, 0.5) is 0 Å². The second kappa shape index (κ2) is 7.92. The molecule has 2 atom stereocenters. The van der Waals surface area contributed by atoms with Crippen LogP contribution in [0.5, 0.6) is 0 Å². The number of rotatable bonds is 8. The quantitative estimate of drug-likeness (QED) is 0.703. The fourth-order valence-corrected chi connectivity index (χ4v) is 2.14. The highest BCUT2D eigenvalue weighted by Gasteiger charge is 2.28.